The van der Waals surface area contributed by atoms with Crippen LogP contribution in [0.4, 0.5) is 39.8 Å². The summed E-state index contributed by atoms with van der Waals surface area (Å²) in [5, 5.41) is 6.97. The molecule has 2 aliphatic heterocycles. The summed E-state index contributed by atoms with van der Waals surface area (Å²) in [4.78, 5) is 9.57. The SMILES string of the molecule is [C-]#[N+]c1ccc2c(c1)c1ccccc1n2-c1ccc2c(c1)N(c1c(-c3ccccc3)cc(C(C)(C)C)cc1-c1ccccc1)c1c3c(c4c5ccccc5n5c6ccccc6c1c45)N(c1c(-c4ccccc4)cc(C(C)(C)C)cc1-c1ccccc1)c1cc(-c4cc(C(C)(C)C)cc(C(C)(C)C)c4)ccc1B23. The third-order valence-corrected chi connectivity index (χ3v) is 23.2. The van der Waals surface area contributed by atoms with Crippen LogP contribution < -0.4 is 26.2 Å². The molecule has 6 heteroatoms. The largest absolute Gasteiger partial charge is 0.309 e. The Kier molecular flexibility index (Phi) is 14.7. The van der Waals surface area contributed by atoms with Gasteiger partial charge in [-0.25, -0.2) is 4.85 Å². The van der Waals surface area contributed by atoms with Crippen LogP contribution in [0.1, 0.15) is 105 Å². The molecule has 0 aliphatic carbocycles. The number of fused-ring (bicyclic) bond motifs is 15. The van der Waals surface area contributed by atoms with Crippen LogP contribution in [0.2, 0.25) is 0 Å². The standard InChI is InChI=1S/C101H84BN5/c1-98(2,3)68-52-67(53-69(55-68)99(4,5)6)66-46-49-82-88(54-66)106(93-77(62-32-18-14-19-33-62)56-70(100(7,8)9)57-78(93)63-34-20-15-21-35-63)96-90-75-41-27-30-44-85(75)105-86-45-31-28-42-76(86)91(95(90)105)97-92(96)102(82)83-50-48-73(104-84-43-29-26-40-74(84)81-60-72(103-13)47-51-87(81)104)61-89(83)107(97)94-79(64-36-22-16-23-37-64)58-71(101(10,11)12)59-80(94)65-38-24-17-25-39-65/h14-61H,1-12H3. The Hall–Kier alpha value is -12.2. The van der Waals surface area contributed by atoms with Crippen LogP contribution in [0, 0.1) is 6.57 Å². The van der Waals surface area contributed by atoms with E-state index in [4.69, 9.17) is 6.57 Å². The summed E-state index contributed by atoms with van der Waals surface area (Å²) >= 11 is 0. The van der Waals surface area contributed by atoms with Crippen molar-refractivity contribution in [2.45, 2.75) is 105 Å². The molecule has 0 bridgehead atoms. The Labute approximate surface area is 628 Å². The topological polar surface area (TPSA) is 20.2 Å². The van der Waals surface area contributed by atoms with Crippen LogP contribution in [0.3, 0.4) is 0 Å². The van der Waals surface area contributed by atoms with Gasteiger partial charge >= 0.3 is 0 Å². The lowest BCUT2D eigenvalue weighted by atomic mass is 9.33. The lowest BCUT2D eigenvalue weighted by Crippen LogP contribution is -2.61. The fraction of sp³-hybridized carbons (Fsp3) is 0.158. The maximum absolute atomic E-state index is 8.26. The molecule has 0 saturated heterocycles. The second-order valence-corrected chi connectivity index (χ2v) is 34.0. The van der Waals surface area contributed by atoms with Crippen molar-refractivity contribution in [3.05, 3.63) is 325 Å². The summed E-state index contributed by atoms with van der Waals surface area (Å²) in [7, 11) is 0. The van der Waals surface area contributed by atoms with E-state index < -0.39 is 0 Å². The molecule has 0 spiro atoms. The van der Waals surface area contributed by atoms with Gasteiger partial charge in [-0.2, -0.15) is 0 Å². The molecule has 5 heterocycles. The monoisotopic (exact) mass is 1380 g/mol. The third kappa shape index (κ3) is 10.3. The summed E-state index contributed by atoms with van der Waals surface area (Å²) in [5.74, 6) is 0. The van der Waals surface area contributed by atoms with Crippen LogP contribution in [-0.2, 0) is 21.7 Å². The number of aromatic nitrogens is 2. The second kappa shape index (κ2) is 23.9. The number of nitrogens with zero attached hydrogens (tertiary/aromatic N) is 5. The maximum Gasteiger partial charge on any atom is 0.252 e. The molecule has 14 aromatic carbocycles. The van der Waals surface area contributed by atoms with Crippen LogP contribution >= 0.6 is 0 Å². The first kappa shape index (κ1) is 65.6. The van der Waals surface area contributed by atoms with Gasteiger partial charge in [0, 0.05) is 66.2 Å². The highest BCUT2D eigenvalue weighted by Crippen LogP contribution is 2.60. The molecular weight excluding hydrogens is 1290 g/mol. The molecule has 17 aromatic rings. The molecule has 0 atom stereocenters. The zero-order valence-electron chi connectivity index (χ0n) is 63.0. The van der Waals surface area contributed by atoms with Crippen LogP contribution in [-0.4, -0.2) is 15.7 Å². The average Bonchev–Trinajstić information content (AvgIpc) is 1.57. The summed E-state index contributed by atoms with van der Waals surface area (Å²) in [6, 6.07) is 111. The number of rotatable bonds is 8. The summed E-state index contributed by atoms with van der Waals surface area (Å²) in [6.07, 6.45) is 0. The molecule has 516 valence electrons. The molecule has 19 rings (SSSR count). The van der Waals surface area contributed by atoms with Gasteiger partial charge in [0.1, 0.15) is 0 Å². The molecule has 0 fully saturated rings. The minimum absolute atomic E-state index is 0.124. The Bertz CT molecular complexity index is 6390. The van der Waals surface area contributed by atoms with E-state index in [1.165, 1.54) is 77.0 Å². The average molecular weight is 1380 g/mol. The van der Waals surface area contributed by atoms with Crippen molar-refractivity contribution in [3.63, 3.8) is 0 Å². The third-order valence-electron chi connectivity index (χ3n) is 23.2. The van der Waals surface area contributed by atoms with Crippen LogP contribution in [0.25, 0.3) is 126 Å². The van der Waals surface area contributed by atoms with E-state index in [0.717, 1.165) is 117 Å². The van der Waals surface area contributed by atoms with E-state index in [9.17, 15) is 0 Å². The minimum Gasteiger partial charge on any atom is -0.309 e. The van der Waals surface area contributed by atoms with Crippen LogP contribution in [0.5, 0.6) is 0 Å². The van der Waals surface area contributed by atoms with E-state index in [1.807, 2.05) is 6.07 Å². The molecule has 0 N–H and O–H groups in total. The van der Waals surface area contributed by atoms with E-state index in [2.05, 4.69) is 392 Å². The van der Waals surface area contributed by atoms with Gasteiger partial charge in [-0.1, -0.05) is 301 Å². The highest BCUT2D eigenvalue weighted by molar-refractivity contribution is 7.01. The van der Waals surface area contributed by atoms with Crippen molar-refractivity contribution in [1.82, 2.24) is 8.97 Å². The van der Waals surface area contributed by atoms with E-state index >= 15 is 0 Å². The summed E-state index contributed by atoms with van der Waals surface area (Å²) < 4.78 is 5.07. The molecule has 0 radical (unpaired) electrons. The van der Waals surface area contributed by atoms with Gasteiger partial charge in [0.05, 0.1) is 56.9 Å². The van der Waals surface area contributed by atoms with E-state index in [1.54, 1.807) is 0 Å². The van der Waals surface area contributed by atoms with Gasteiger partial charge < -0.3 is 18.8 Å². The van der Waals surface area contributed by atoms with Crippen molar-refractivity contribution in [1.29, 1.82) is 0 Å². The molecule has 2 aliphatic rings. The molecule has 107 heavy (non-hydrogen) atoms. The van der Waals surface area contributed by atoms with Crippen molar-refractivity contribution in [3.8, 4) is 61.3 Å². The van der Waals surface area contributed by atoms with Crippen molar-refractivity contribution in [2.24, 2.45) is 0 Å². The van der Waals surface area contributed by atoms with E-state index in [0.29, 0.717) is 5.69 Å². The first-order chi connectivity index (χ1) is 51.6. The van der Waals surface area contributed by atoms with Crippen LogP contribution in [0.15, 0.2) is 291 Å². The summed E-state index contributed by atoms with van der Waals surface area (Å²) in [6.45, 7) is 36.2. The maximum atomic E-state index is 8.26. The van der Waals surface area contributed by atoms with Gasteiger partial charge in [0.2, 0.25) is 0 Å². The van der Waals surface area contributed by atoms with Gasteiger partial charge in [0.25, 0.3) is 6.71 Å². The number of benzene rings is 14. The smallest absolute Gasteiger partial charge is 0.252 e. The van der Waals surface area contributed by atoms with Crippen molar-refractivity contribution >= 4 is 123 Å². The lowest BCUT2D eigenvalue weighted by Gasteiger charge is -2.46. The number of hydrogen-bond donors (Lipinski definition) is 0. The Morgan fingerprint density at radius 2 is 0.682 bits per heavy atom. The second-order valence-electron chi connectivity index (χ2n) is 34.0. The Balaban J connectivity index is 1.07. The quantitative estimate of drug-likeness (QED) is 0.112. The first-order valence-corrected chi connectivity index (χ1v) is 37.9. The normalized spacial score (nSPS) is 13.2. The number of para-hydroxylation sites is 3. The Morgan fingerprint density at radius 1 is 0.299 bits per heavy atom. The number of hydrogen-bond acceptors (Lipinski definition) is 2. The lowest BCUT2D eigenvalue weighted by molar-refractivity contribution is 0.569. The minimum atomic E-state index is -0.329. The fourth-order valence-corrected chi connectivity index (χ4v) is 17.7. The van der Waals surface area contributed by atoms with Gasteiger partial charge in [-0.05, 0) is 172 Å². The van der Waals surface area contributed by atoms with Gasteiger partial charge in [-0.3, -0.25) is 0 Å². The molecule has 3 aromatic heterocycles. The first-order valence-electron chi connectivity index (χ1n) is 37.9. The summed E-state index contributed by atoms with van der Waals surface area (Å²) in [5.41, 5.74) is 33.7. The van der Waals surface area contributed by atoms with Crippen molar-refractivity contribution < 1.29 is 0 Å². The molecule has 0 saturated carbocycles. The molecule has 0 amide bonds. The highest BCUT2D eigenvalue weighted by Gasteiger charge is 2.49. The highest BCUT2D eigenvalue weighted by atomic mass is 15.2. The predicted octanol–water partition coefficient (Wildman–Crippen LogP) is 26.1. The number of anilines is 6. The molecule has 0 unspecified atom stereocenters. The molecular formula is C101H84BN5. The zero-order chi connectivity index (χ0) is 73.3. The van der Waals surface area contributed by atoms with Gasteiger partial charge in [-0.15, -0.1) is 0 Å². The molecule has 5 nitrogen and oxygen atoms in total. The predicted molar refractivity (Wildman–Crippen MR) is 458 cm³/mol. The fourth-order valence-electron chi connectivity index (χ4n) is 17.7. The van der Waals surface area contributed by atoms with Gasteiger partial charge in [0.15, 0.2) is 5.69 Å². The van der Waals surface area contributed by atoms with Crippen molar-refractivity contribution in [2.75, 3.05) is 9.80 Å². The van der Waals surface area contributed by atoms with E-state index in [-0.39, 0.29) is 28.4 Å². The Morgan fingerprint density at radius 3 is 1.12 bits per heavy atom. The zero-order valence-corrected chi connectivity index (χ0v) is 63.0.